The van der Waals surface area contributed by atoms with E-state index in [2.05, 4.69) is 2.52 Å². The molecule has 0 heterocycles. The van der Waals surface area contributed by atoms with Gasteiger partial charge in [-0.2, -0.15) is 0 Å². The van der Waals surface area contributed by atoms with Gasteiger partial charge in [-0.15, -0.1) is 0 Å². The van der Waals surface area contributed by atoms with Crippen molar-refractivity contribution in [2.24, 2.45) is 0 Å². The van der Waals surface area contributed by atoms with Crippen molar-refractivity contribution in [1.82, 2.24) is 0 Å². The van der Waals surface area contributed by atoms with Gasteiger partial charge < -0.3 is 0 Å². The molecule has 4 nitrogen and oxygen atoms in total. The molecule has 0 rings (SSSR count). The Morgan fingerprint density at radius 2 is 1.83 bits per heavy atom. The molecule has 0 atom stereocenters. The van der Waals surface area contributed by atoms with Gasteiger partial charge >= 0.3 is 48.8 Å². The average molecular weight is 217 g/mol. The Labute approximate surface area is 49.1 Å². The molecule has 6 heteroatoms. The van der Waals surface area contributed by atoms with Gasteiger partial charge in [0.05, 0.1) is 0 Å². The maximum atomic E-state index is 9.37. The van der Waals surface area contributed by atoms with E-state index < -0.39 is 10.4 Å². The van der Waals surface area contributed by atoms with E-state index >= 15 is 0 Å². The fraction of sp³-hybridized carbons (Fsp3) is 0. The van der Waals surface area contributed by atoms with Crippen LogP contribution < -0.4 is 0 Å². The first-order valence-corrected chi connectivity index (χ1v) is 3.63. The maximum absolute atomic E-state index is 9.37. The van der Waals surface area contributed by atoms with Crippen LogP contribution in [0, 0.1) is 0 Å². The molecule has 0 aromatic carbocycles. The van der Waals surface area contributed by atoms with Crippen LogP contribution in [0.2, 0.25) is 0 Å². The van der Waals surface area contributed by atoms with Crippen LogP contribution >= 0.6 is 0 Å². The van der Waals surface area contributed by atoms with Crippen LogP contribution in [-0.4, -0.2) is 35.9 Å². The monoisotopic (exact) mass is 218 g/mol. The summed E-state index contributed by atoms with van der Waals surface area (Å²) in [6.45, 7) is 0. The summed E-state index contributed by atoms with van der Waals surface area (Å²) in [6.07, 6.45) is 0. The van der Waals surface area contributed by atoms with Gasteiger partial charge in [0.2, 0.25) is 0 Å². The molecule has 0 saturated carbocycles. The first kappa shape index (κ1) is 6.67. The summed E-state index contributed by atoms with van der Waals surface area (Å²) in [6, 6.07) is 0. The molecule has 0 aromatic rings. The van der Waals surface area contributed by atoms with Gasteiger partial charge in [-0.3, -0.25) is 0 Å². The molecule has 6 heavy (non-hydrogen) atoms. The molecule has 36 valence electrons. The van der Waals surface area contributed by atoms with Crippen molar-refractivity contribution < 1.29 is 15.5 Å². The summed E-state index contributed by atoms with van der Waals surface area (Å²) < 4.78 is 29.9. The van der Waals surface area contributed by atoms with Gasteiger partial charge in [0.1, 0.15) is 0 Å². The molecule has 1 N–H and O–H groups in total. The van der Waals surface area contributed by atoms with Gasteiger partial charge in [0.15, 0.2) is 0 Å². The molecule has 0 aromatic heterocycles. The van der Waals surface area contributed by atoms with Crippen LogP contribution in [0.3, 0.4) is 0 Å². The summed E-state index contributed by atoms with van der Waals surface area (Å²) in [5.41, 5.74) is 0. The molecular weight excluding hydrogens is 215 g/mol. The third kappa shape index (κ3) is 4.67. The van der Waals surface area contributed by atoms with Crippen molar-refractivity contribution in [3.63, 3.8) is 0 Å². The van der Waals surface area contributed by atoms with Crippen LogP contribution in [0.15, 0.2) is 0 Å². The van der Waals surface area contributed by atoms with Crippen LogP contribution in [0.4, 0.5) is 0 Å². The Morgan fingerprint density at radius 3 is 1.83 bits per heavy atom. The van der Waals surface area contributed by atoms with Crippen molar-refractivity contribution in [3.05, 3.63) is 0 Å². The van der Waals surface area contributed by atoms with Crippen LogP contribution in [-0.2, 0) is 12.9 Å². The predicted molar refractivity (Wildman–Crippen MR) is 19.8 cm³/mol. The molecule has 0 fully saturated rings. The van der Waals surface area contributed by atoms with Gasteiger partial charge in [-0.05, 0) is 0 Å². The first-order valence-electron chi connectivity index (χ1n) is 0.918. The molecule has 0 amide bonds. The minimum absolute atomic E-state index is 0.0651. The molecule has 0 aliphatic rings. The Balaban J connectivity index is 3.85. The number of rotatable bonds is 1. The zero-order valence-corrected chi connectivity index (χ0v) is 6.77. The average Bonchev–Trinajstić information content (AvgIpc) is 1.35. The quantitative estimate of drug-likeness (QED) is 0.434. The molecule has 0 aliphatic heterocycles. The molecule has 0 aliphatic carbocycles. The first-order chi connectivity index (χ1) is 2.56. The van der Waals surface area contributed by atoms with Crippen molar-refractivity contribution in [3.8, 4) is 0 Å². The van der Waals surface area contributed by atoms with E-state index in [0.717, 1.165) is 0 Å². The molecule has 0 unspecified atom stereocenters. The van der Waals surface area contributed by atoms with E-state index in [1.807, 2.05) is 0 Å². The molecular formula is H2O4SSn. The molecule has 0 bridgehead atoms. The third-order valence-electron chi connectivity index (χ3n) is 0.122. The molecule has 0 spiro atoms. The van der Waals surface area contributed by atoms with Crippen molar-refractivity contribution in [2.75, 3.05) is 0 Å². The normalized spacial score (nSPS) is 11.7. The summed E-state index contributed by atoms with van der Waals surface area (Å²) >= 11 is 0.0651. The number of hydrogen-bond acceptors (Lipinski definition) is 3. The third-order valence-corrected chi connectivity index (χ3v) is 2.45. The van der Waals surface area contributed by atoms with E-state index in [9.17, 15) is 8.42 Å². The van der Waals surface area contributed by atoms with Gasteiger partial charge in [-0.25, -0.2) is 0 Å². The van der Waals surface area contributed by atoms with Gasteiger partial charge in [0.25, 0.3) is 0 Å². The second kappa shape index (κ2) is 2.10. The number of hydrogen-bond donors (Lipinski definition) is 1. The van der Waals surface area contributed by atoms with Crippen molar-refractivity contribution >= 4 is 33.3 Å². The molecule has 2 radical (unpaired) electrons. The molecule has 0 saturated heterocycles. The fourth-order valence-electron chi connectivity index (χ4n) is 0. The zero-order chi connectivity index (χ0) is 5.21. The Bertz CT molecular complexity index is 110. The Kier molecular flexibility index (Phi) is 2.34. The standard InChI is InChI=1S/H2O4S.Sn.H/c1-5(2,3)4;;/h(H2,1,2,3,4);;/q;+1;/p-1. The van der Waals surface area contributed by atoms with Crippen molar-refractivity contribution in [2.45, 2.75) is 0 Å². The van der Waals surface area contributed by atoms with E-state index in [0.29, 0.717) is 0 Å². The Morgan fingerprint density at radius 1 is 1.67 bits per heavy atom. The van der Waals surface area contributed by atoms with Crippen LogP contribution in [0.5, 0.6) is 0 Å². The van der Waals surface area contributed by atoms with Gasteiger partial charge in [-0.1, -0.05) is 0 Å². The topological polar surface area (TPSA) is 63.6 Å². The van der Waals surface area contributed by atoms with E-state index in [1.54, 1.807) is 0 Å². The van der Waals surface area contributed by atoms with Crippen LogP contribution in [0.1, 0.15) is 0 Å². The summed E-state index contributed by atoms with van der Waals surface area (Å²) in [7, 11) is -4.10. The van der Waals surface area contributed by atoms with Crippen LogP contribution in [0.25, 0.3) is 0 Å². The minimum atomic E-state index is -4.10. The van der Waals surface area contributed by atoms with E-state index in [-0.39, 0.29) is 22.9 Å². The van der Waals surface area contributed by atoms with Gasteiger partial charge in [0, 0.05) is 0 Å². The second-order valence-electron chi connectivity index (χ2n) is 0.524. The summed E-state index contributed by atoms with van der Waals surface area (Å²) in [5, 5.41) is 0. The summed E-state index contributed by atoms with van der Waals surface area (Å²) in [5.74, 6) is 0. The predicted octanol–water partition coefficient (Wildman–Crippen LogP) is -1.38. The van der Waals surface area contributed by atoms with Crippen molar-refractivity contribution in [1.29, 1.82) is 0 Å². The summed E-state index contributed by atoms with van der Waals surface area (Å²) in [4.78, 5) is 0. The SMILES string of the molecule is O=S(=O)(O)[O][SnH]. The second-order valence-corrected chi connectivity index (χ2v) is 3.22. The van der Waals surface area contributed by atoms with E-state index in [4.69, 9.17) is 4.55 Å². The zero-order valence-electron chi connectivity index (χ0n) is 2.66. The Hall–Kier alpha value is 0.669. The fourth-order valence-corrected chi connectivity index (χ4v) is 0. The van der Waals surface area contributed by atoms with E-state index in [1.165, 1.54) is 0 Å².